The fraction of sp³-hybridized carbons (Fsp3) is 0.650. The number of phenols is 1. The molecule has 0 fully saturated rings. The molecule has 0 amide bonds. The van der Waals surface area contributed by atoms with Crippen molar-refractivity contribution < 1.29 is 14.6 Å². The normalized spacial score (nSPS) is 11.8. The van der Waals surface area contributed by atoms with E-state index in [0.717, 1.165) is 29.5 Å². The van der Waals surface area contributed by atoms with Gasteiger partial charge in [-0.2, -0.15) is 0 Å². The molecule has 1 rings (SSSR count). The molecule has 0 aromatic heterocycles. The van der Waals surface area contributed by atoms with Crippen molar-refractivity contribution in [3.8, 4) is 5.75 Å². The predicted octanol–water partition coefficient (Wildman–Crippen LogP) is 4.91. The molecule has 3 nitrogen and oxygen atoms in total. The van der Waals surface area contributed by atoms with Crippen molar-refractivity contribution in [3.05, 3.63) is 28.8 Å². The number of carbonyl (C=O) groups is 1. The fourth-order valence-electron chi connectivity index (χ4n) is 2.57. The molecule has 3 heteroatoms. The zero-order valence-electron chi connectivity index (χ0n) is 15.5. The van der Waals surface area contributed by atoms with Crippen molar-refractivity contribution in [2.75, 3.05) is 6.61 Å². The molecule has 0 heterocycles. The van der Waals surface area contributed by atoms with Gasteiger partial charge in [0.15, 0.2) is 0 Å². The zero-order chi connectivity index (χ0) is 17.6. The Morgan fingerprint density at radius 3 is 2.48 bits per heavy atom. The van der Waals surface area contributed by atoms with Gasteiger partial charge in [0.05, 0.1) is 6.61 Å². The van der Waals surface area contributed by atoms with Crippen LogP contribution in [0.15, 0.2) is 12.1 Å². The SMILES string of the molecule is Cc1cc(CCC(=O)OCCCC(C)C)cc(C(C)(C)C)c1O. The van der Waals surface area contributed by atoms with Crippen molar-refractivity contribution in [1.82, 2.24) is 0 Å². The Balaban J connectivity index is 2.58. The van der Waals surface area contributed by atoms with Gasteiger partial charge in [0.1, 0.15) is 5.75 Å². The third-order valence-corrected chi connectivity index (χ3v) is 3.97. The third kappa shape index (κ3) is 6.64. The van der Waals surface area contributed by atoms with Crippen molar-refractivity contribution in [1.29, 1.82) is 0 Å². The second-order valence-electron chi connectivity index (χ2n) is 7.82. The molecule has 0 aliphatic carbocycles. The summed E-state index contributed by atoms with van der Waals surface area (Å²) in [7, 11) is 0. The second kappa shape index (κ2) is 8.37. The molecule has 1 aromatic rings. The van der Waals surface area contributed by atoms with Crippen molar-refractivity contribution >= 4 is 5.97 Å². The Bertz CT molecular complexity index is 524. The average Bonchev–Trinajstić information content (AvgIpc) is 2.43. The summed E-state index contributed by atoms with van der Waals surface area (Å²) >= 11 is 0. The topological polar surface area (TPSA) is 46.5 Å². The summed E-state index contributed by atoms with van der Waals surface area (Å²) in [5.41, 5.74) is 2.74. The first-order chi connectivity index (χ1) is 10.6. The van der Waals surface area contributed by atoms with E-state index in [0.29, 0.717) is 31.1 Å². The minimum atomic E-state index is -0.142. The van der Waals surface area contributed by atoms with Crippen LogP contribution in [-0.4, -0.2) is 17.7 Å². The molecule has 0 spiro atoms. The highest BCUT2D eigenvalue weighted by molar-refractivity contribution is 5.69. The summed E-state index contributed by atoms with van der Waals surface area (Å²) < 4.78 is 5.28. The second-order valence-corrected chi connectivity index (χ2v) is 7.82. The first-order valence-electron chi connectivity index (χ1n) is 8.60. The maximum Gasteiger partial charge on any atom is 0.306 e. The van der Waals surface area contributed by atoms with Gasteiger partial charge in [0.2, 0.25) is 0 Å². The number of hydrogen-bond acceptors (Lipinski definition) is 3. The van der Waals surface area contributed by atoms with E-state index >= 15 is 0 Å². The Hall–Kier alpha value is -1.51. The maximum absolute atomic E-state index is 11.8. The smallest absolute Gasteiger partial charge is 0.306 e. The van der Waals surface area contributed by atoms with Crippen LogP contribution in [0.2, 0.25) is 0 Å². The summed E-state index contributed by atoms with van der Waals surface area (Å²) in [4.78, 5) is 11.8. The Labute approximate surface area is 141 Å². The minimum absolute atomic E-state index is 0.123. The van der Waals surface area contributed by atoms with E-state index in [2.05, 4.69) is 34.6 Å². The van der Waals surface area contributed by atoms with Crippen LogP contribution in [0.25, 0.3) is 0 Å². The number of rotatable bonds is 7. The van der Waals surface area contributed by atoms with E-state index in [1.54, 1.807) is 0 Å². The molecule has 0 unspecified atom stereocenters. The van der Waals surface area contributed by atoms with Gasteiger partial charge in [0, 0.05) is 6.42 Å². The number of phenolic OH excluding ortho intramolecular Hbond substituents is 1. The number of esters is 1. The zero-order valence-corrected chi connectivity index (χ0v) is 15.5. The van der Waals surface area contributed by atoms with Crippen LogP contribution in [0.3, 0.4) is 0 Å². The number of hydrogen-bond donors (Lipinski definition) is 1. The summed E-state index contributed by atoms with van der Waals surface area (Å²) in [6.07, 6.45) is 3.04. The summed E-state index contributed by atoms with van der Waals surface area (Å²) in [5, 5.41) is 10.2. The lowest BCUT2D eigenvalue weighted by molar-refractivity contribution is -0.143. The first-order valence-corrected chi connectivity index (χ1v) is 8.60. The molecular formula is C20H32O3. The number of benzene rings is 1. The van der Waals surface area contributed by atoms with Crippen LogP contribution in [0.1, 0.15) is 70.6 Å². The molecule has 0 radical (unpaired) electrons. The van der Waals surface area contributed by atoms with E-state index in [1.807, 2.05) is 19.1 Å². The molecule has 1 aromatic carbocycles. The lowest BCUT2D eigenvalue weighted by Gasteiger charge is -2.22. The van der Waals surface area contributed by atoms with Gasteiger partial charge < -0.3 is 9.84 Å². The number of carbonyl (C=O) groups excluding carboxylic acids is 1. The Kier molecular flexibility index (Phi) is 7.11. The monoisotopic (exact) mass is 320 g/mol. The number of aryl methyl sites for hydroxylation is 2. The van der Waals surface area contributed by atoms with Crippen molar-refractivity contribution in [2.24, 2.45) is 5.92 Å². The quantitative estimate of drug-likeness (QED) is 0.573. The van der Waals surface area contributed by atoms with Gasteiger partial charge in [-0.25, -0.2) is 0 Å². The Morgan fingerprint density at radius 2 is 1.91 bits per heavy atom. The number of aromatic hydroxyl groups is 1. The average molecular weight is 320 g/mol. The maximum atomic E-state index is 11.8. The highest BCUT2D eigenvalue weighted by Crippen LogP contribution is 2.34. The molecule has 0 bridgehead atoms. The van der Waals surface area contributed by atoms with Crippen LogP contribution in [0.5, 0.6) is 5.75 Å². The molecule has 0 aliphatic heterocycles. The summed E-state index contributed by atoms with van der Waals surface area (Å²) in [6.45, 7) is 13.0. The lowest BCUT2D eigenvalue weighted by atomic mass is 9.83. The molecule has 1 N–H and O–H groups in total. The van der Waals surface area contributed by atoms with Gasteiger partial charge in [-0.3, -0.25) is 4.79 Å². The van der Waals surface area contributed by atoms with Gasteiger partial charge in [-0.05, 0) is 54.2 Å². The van der Waals surface area contributed by atoms with E-state index in [-0.39, 0.29) is 11.4 Å². The standard InChI is InChI=1S/C20H32O3/c1-14(2)8-7-11-23-18(21)10-9-16-12-15(3)19(22)17(13-16)20(4,5)6/h12-14,22H,7-11H2,1-6H3. The fourth-order valence-corrected chi connectivity index (χ4v) is 2.57. The first kappa shape index (κ1) is 19.5. The van der Waals surface area contributed by atoms with Crippen LogP contribution in [-0.2, 0) is 21.4 Å². The van der Waals surface area contributed by atoms with Gasteiger partial charge in [-0.15, -0.1) is 0 Å². The summed E-state index contributed by atoms with van der Waals surface area (Å²) in [5.74, 6) is 0.860. The van der Waals surface area contributed by atoms with E-state index < -0.39 is 0 Å². The van der Waals surface area contributed by atoms with E-state index in [4.69, 9.17) is 4.74 Å². The van der Waals surface area contributed by atoms with Gasteiger partial charge in [-0.1, -0.05) is 46.8 Å². The van der Waals surface area contributed by atoms with Gasteiger partial charge in [0.25, 0.3) is 0 Å². The highest BCUT2D eigenvalue weighted by atomic mass is 16.5. The molecule has 0 saturated heterocycles. The molecule has 0 saturated carbocycles. The van der Waals surface area contributed by atoms with Crippen molar-refractivity contribution in [3.63, 3.8) is 0 Å². The van der Waals surface area contributed by atoms with E-state index in [9.17, 15) is 9.90 Å². The largest absolute Gasteiger partial charge is 0.507 e. The lowest BCUT2D eigenvalue weighted by Crippen LogP contribution is -2.13. The third-order valence-electron chi connectivity index (χ3n) is 3.97. The molecular weight excluding hydrogens is 288 g/mol. The Morgan fingerprint density at radius 1 is 1.26 bits per heavy atom. The molecule has 0 aliphatic rings. The van der Waals surface area contributed by atoms with E-state index in [1.165, 1.54) is 0 Å². The van der Waals surface area contributed by atoms with Crippen molar-refractivity contribution in [2.45, 2.75) is 72.6 Å². The van der Waals surface area contributed by atoms with Crippen LogP contribution in [0.4, 0.5) is 0 Å². The molecule has 23 heavy (non-hydrogen) atoms. The van der Waals surface area contributed by atoms with Gasteiger partial charge >= 0.3 is 5.97 Å². The minimum Gasteiger partial charge on any atom is -0.507 e. The summed E-state index contributed by atoms with van der Waals surface area (Å²) in [6, 6.07) is 3.96. The van der Waals surface area contributed by atoms with Crippen LogP contribution in [0, 0.1) is 12.8 Å². The highest BCUT2D eigenvalue weighted by Gasteiger charge is 2.20. The van der Waals surface area contributed by atoms with Crippen LogP contribution < -0.4 is 0 Å². The van der Waals surface area contributed by atoms with Crippen LogP contribution >= 0.6 is 0 Å². The molecule has 130 valence electrons. The predicted molar refractivity (Wildman–Crippen MR) is 94.9 cm³/mol. The number of ether oxygens (including phenoxy) is 1. The molecule has 0 atom stereocenters.